The van der Waals surface area contributed by atoms with Gasteiger partial charge in [0.1, 0.15) is 5.75 Å². The van der Waals surface area contributed by atoms with Crippen LogP contribution in [0.25, 0.3) is 0 Å². The van der Waals surface area contributed by atoms with Crippen molar-refractivity contribution in [3.8, 4) is 5.75 Å². The molecule has 0 saturated heterocycles. The molecule has 2 aliphatic rings. The number of nitrogens with one attached hydrogen (secondary N) is 2. The average molecular weight is 329 g/mol. The number of anilines is 1. The first-order valence-electron chi connectivity index (χ1n) is 8.97. The fourth-order valence-electron chi connectivity index (χ4n) is 3.89. The summed E-state index contributed by atoms with van der Waals surface area (Å²) in [6.07, 6.45) is 8.79. The second-order valence-corrected chi connectivity index (χ2v) is 6.85. The molecule has 0 heterocycles. The van der Waals surface area contributed by atoms with Crippen LogP contribution in [-0.4, -0.2) is 25.3 Å². The van der Waals surface area contributed by atoms with Gasteiger partial charge in [0.25, 0.3) is 5.91 Å². The molecule has 0 bridgehead atoms. The normalized spacial score (nSPS) is 25.0. The number of rotatable bonds is 5. The Morgan fingerprint density at radius 1 is 1.25 bits per heavy atom. The van der Waals surface area contributed by atoms with E-state index in [9.17, 15) is 4.79 Å². The summed E-state index contributed by atoms with van der Waals surface area (Å²) in [6, 6.07) is 7.54. The van der Waals surface area contributed by atoms with E-state index in [4.69, 9.17) is 4.74 Å². The van der Waals surface area contributed by atoms with Crippen molar-refractivity contribution in [2.75, 3.05) is 19.0 Å². The van der Waals surface area contributed by atoms with E-state index in [0.717, 1.165) is 41.8 Å². The lowest BCUT2D eigenvalue weighted by Gasteiger charge is -2.35. The summed E-state index contributed by atoms with van der Waals surface area (Å²) in [7, 11) is 1.63. The van der Waals surface area contributed by atoms with E-state index in [1.165, 1.54) is 32.1 Å². The molecule has 2 atom stereocenters. The zero-order chi connectivity index (χ0) is 16.8. The lowest BCUT2D eigenvalue weighted by atomic mass is 9.70. The quantitative estimate of drug-likeness (QED) is 0.812. The fraction of sp³-hybridized carbons (Fsp3) is 0.579. The Morgan fingerprint density at radius 3 is 2.92 bits per heavy atom. The van der Waals surface area contributed by atoms with Gasteiger partial charge in [0.15, 0.2) is 0 Å². The Hall–Kier alpha value is -2.04. The van der Waals surface area contributed by atoms with E-state index in [1.807, 2.05) is 24.3 Å². The minimum atomic E-state index is -0.115. The molecule has 0 spiro atoms. The molecule has 2 N–H and O–H groups in total. The highest BCUT2D eigenvalue weighted by molar-refractivity contribution is 5.88. The minimum Gasteiger partial charge on any atom is -0.497 e. The molecule has 0 radical (unpaired) electrons. The molecule has 2 aliphatic carbocycles. The maximum absolute atomic E-state index is 12.0. The third-order valence-electron chi connectivity index (χ3n) is 5.23. The van der Waals surface area contributed by atoms with Gasteiger partial charge in [0, 0.05) is 17.5 Å². The maximum Gasteiger partial charge on any atom is 0.259 e. The fourth-order valence-corrected chi connectivity index (χ4v) is 3.89. The van der Waals surface area contributed by atoms with Crippen LogP contribution in [0.4, 0.5) is 5.69 Å². The predicted molar refractivity (Wildman–Crippen MR) is 96.4 cm³/mol. The highest BCUT2D eigenvalue weighted by atomic mass is 16.5. The maximum atomic E-state index is 12.0. The van der Waals surface area contributed by atoms with E-state index < -0.39 is 0 Å². The lowest BCUT2D eigenvalue weighted by molar-refractivity contribution is -0.119. The Morgan fingerprint density at radius 2 is 2.08 bits per heavy atom. The van der Waals surface area contributed by atoms with Gasteiger partial charge >= 0.3 is 0 Å². The van der Waals surface area contributed by atoms with Crippen LogP contribution >= 0.6 is 0 Å². The van der Waals surface area contributed by atoms with Crippen LogP contribution in [0.3, 0.4) is 0 Å². The molecular weight excluding hydrogens is 302 g/mol. The molecule has 2 saturated carbocycles. The van der Waals surface area contributed by atoms with Crippen LogP contribution in [0, 0.1) is 11.8 Å². The van der Waals surface area contributed by atoms with Crippen molar-refractivity contribution in [1.29, 1.82) is 0 Å². The second-order valence-electron chi connectivity index (χ2n) is 6.85. The van der Waals surface area contributed by atoms with Crippen LogP contribution in [-0.2, 0) is 4.79 Å². The summed E-state index contributed by atoms with van der Waals surface area (Å²) >= 11 is 0. The van der Waals surface area contributed by atoms with Crippen molar-refractivity contribution in [1.82, 2.24) is 5.43 Å². The zero-order valence-electron chi connectivity index (χ0n) is 14.4. The van der Waals surface area contributed by atoms with Crippen molar-refractivity contribution >= 4 is 17.3 Å². The van der Waals surface area contributed by atoms with Gasteiger partial charge in [-0.25, -0.2) is 5.43 Å². The minimum absolute atomic E-state index is 0.115. The molecule has 24 heavy (non-hydrogen) atoms. The summed E-state index contributed by atoms with van der Waals surface area (Å²) in [6.45, 7) is 0.204. The summed E-state index contributed by atoms with van der Waals surface area (Å²) in [5.41, 5.74) is 4.72. The number of nitrogens with zero attached hydrogens (tertiary/aromatic N) is 1. The molecule has 1 amide bonds. The largest absolute Gasteiger partial charge is 0.497 e. The number of methoxy groups -OCH3 is 1. The monoisotopic (exact) mass is 329 g/mol. The Bertz CT molecular complexity index is 600. The number of fused-ring (bicyclic) bond motifs is 1. The Labute approximate surface area is 143 Å². The first-order chi connectivity index (χ1) is 11.7. The van der Waals surface area contributed by atoms with Crippen LogP contribution in [0.1, 0.15) is 44.9 Å². The second kappa shape index (κ2) is 8.18. The molecule has 1 aromatic carbocycles. The molecule has 1 aromatic rings. The van der Waals surface area contributed by atoms with Crippen LogP contribution in [0.15, 0.2) is 29.4 Å². The van der Waals surface area contributed by atoms with Gasteiger partial charge in [-0.15, -0.1) is 0 Å². The molecular formula is C19H27N3O2. The topological polar surface area (TPSA) is 62.7 Å². The van der Waals surface area contributed by atoms with Gasteiger partial charge < -0.3 is 10.1 Å². The third kappa shape index (κ3) is 4.49. The SMILES string of the molecule is COc1cccc(NCC(=O)N/N=C2/CC[C@H]3CCCC[C@H]3C2)c1. The van der Waals surface area contributed by atoms with E-state index in [1.54, 1.807) is 7.11 Å². The van der Waals surface area contributed by atoms with Gasteiger partial charge in [0.05, 0.1) is 13.7 Å². The average Bonchev–Trinajstić information content (AvgIpc) is 2.64. The third-order valence-corrected chi connectivity index (χ3v) is 5.23. The molecule has 5 nitrogen and oxygen atoms in total. The number of benzene rings is 1. The number of hydrogen-bond donors (Lipinski definition) is 2. The van der Waals surface area contributed by atoms with Crippen molar-refractivity contribution in [2.24, 2.45) is 16.9 Å². The summed E-state index contributed by atoms with van der Waals surface area (Å²) in [5.74, 6) is 2.34. The van der Waals surface area contributed by atoms with Crippen LogP contribution < -0.4 is 15.5 Å². The van der Waals surface area contributed by atoms with E-state index in [-0.39, 0.29) is 12.5 Å². The van der Waals surface area contributed by atoms with Crippen molar-refractivity contribution < 1.29 is 9.53 Å². The number of carbonyl (C=O) groups is 1. The predicted octanol–water partition coefficient (Wildman–Crippen LogP) is 3.57. The summed E-state index contributed by atoms with van der Waals surface area (Å²) in [4.78, 5) is 12.0. The van der Waals surface area contributed by atoms with Gasteiger partial charge in [0.2, 0.25) is 0 Å². The number of hydrogen-bond acceptors (Lipinski definition) is 4. The standard InChI is InChI=1S/C19H27N3O2/c1-24-18-8-4-7-16(12-18)20-13-19(23)22-21-17-10-9-14-5-2-3-6-15(14)11-17/h4,7-8,12,14-15,20H,2-3,5-6,9-11,13H2,1H3,(H,22,23)/b21-17-/t14-,15+/m1/s1. The number of carbonyl (C=O) groups excluding carboxylic acids is 1. The van der Waals surface area contributed by atoms with Crippen LogP contribution in [0.5, 0.6) is 5.75 Å². The van der Waals surface area contributed by atoms with Crippen LogP contribution in [0.2, 0.25) is 0 Å². The number of ether oxygens (including phenoxy) is 1. The van der Waals surface area contributed by atoms with Crippen molar-refractivity contribution in [3.63, 3.8) is 0 Å². The summed E-state index contributed by atoms with van der Waals surface area (Å²) < 4.78 is 5.17. The lowest BCUT2D eigenvalue weighted by Crippen LogP contribution is -2.31. The summed E-state index contributed by atoms with van der Waals surface area (Å²) in [5, 5.41) is 7.46. The molecule has 0 aliphatic heterocycles. The van der Waals surface area contributed by atoms with Gasteiger partial charge in [-0.05, 0) is 49.7 Å². The molecule has 2 fully saturated rings. The molecule has 5 heteroatoms. The Kier molecular flexibility index (Phi) is 5.72. The molecule has 0 unspecified atom stereocenters. The molecule has 130 valence electrons. The van der Waals surface area contributed by atoms with E-state index >= 15 is 0 Å². The Balaban J connectivity index is 1.45. The first-order valence-corrected chi connectivity index (χ1v) is 8.97. The first kappa shape index (κ1) is 16.8. The number of amides is 1. The van der Waals surface area contributed by atoms with Gasteiger partial charge in [-0.2, -0.15) is 5.10 Å². The van der Waals surface area contributed by atoms with Crippen molar-refractivity contribution in [3.05, 3.63) is 24.3 Å². The zero-order valence-corrected chi connectivity index (χ0v) is 14.4. The van der Waals surface area contributed by atoms with E-state index in [2.05, 4.69) is 15.8 Å². The van der Waals surface area contributed by atoms with Gasteiger partial charge in [-0.1, -0.05) is 25.3 Å². The molecule has 0 aromatic heterocycles. The van der Waals surface area contributed by atoms with E-state index in [0.29, 0.717) is 0 Å². The highest BCUT2D eigenvalue weighted by Gasteiger charge is 2.30. The van der Waals surface area contributed by atoms with Crippen molar-refractivity contribution in [2.45, 2.75) is 44.9 Å². The number of hydrazone groups is 1. The smallest absolute Gasteiger partial charge is 0.259 e. The highest BCUT2D eigenvalue weighted by Crippen LogP contribution is 2.39. The van der Waals surface area contributed by atoms with Gasteiger partial charge in [-0.3, -0.25) is 4.79 Å². The molecule has 3 rings (SSSR count).